The zero-order valence-corrected chi connectivity index (χ0v) is 16.4. The van der Waals surface area contributed by atoms with Crippen LogP contribution in [-0.4, -0.2) is 24.0 Å². The summed E-state index contributed by atoms with van der Waals surface area (Å²) in [5.41, 5.74) is 0.544. The Balaban J connectivity index is 2.10. The van der Waals surface area contributed by atoms with Gasteiger partial charge in [0.15, 0.2) is 6.61 Å². The molecule has 0 aromatic heterocycles. The first kappa shape index (κ1) is 20.5. The van der Waals surface area contributed by atoms with Crippen LogP contribution in [0.5, 0.6) is 0 Å². The summed E-state index contributed by atoms with van der Waals surface area (Å²) >= 11 is 1.32. The van der Waals surface area contributed by atoms with Gasteiger partial charge in [0.2, 0.25) is 0 Å². The van der Waals surface area contributed by atoms with E-state index in [1.54, 1.807) is 30.3 Å². The van der Waals surface area contributed by atoms with Crippen molar-refractivity contribution in [3.8, 4) is 6.07 Å². The number of amides is 1. The Morgan fingerprint density at radius 3 is 2.41 bits per heavy atom. The van der Waals surface area contributed by atoms with Gasteiger partial charge >= 0.3 is 5.97 Å². The van der Waals surface area contributed by atoms with Crippen molar-refractivity contribution in [1.29, 1.82) is 5.26 Å². The van der Waals surface area contributed by atoms with Gasteiger partial charge in [-0.15, -0.1) is 0 Å². The standard InChI is InChI=1S/C21H22N2O3S/c1-4-21(2,3)23-19(24)14-26-20(25)16-10-6-8-12-18(16)27-17-11-7-5-9-15(17)13-22/h5-12H,4,14H2,1-3H3,(H,23,24). The van der Waals surface area contributed by atoms with Crippen molar-refractivity contribution in [2.45, 2.75) is 42.5 Å². The van der Waals surface area contributed by atoms with Crippen molar-refractivity contribution in [2.75, 3.05) is 6.61 Å². The molecule has 0 aliphatic heterocycles. The summed E-state index contributed by atoms with van der Waals surface area (Å²) in [6.07, 6.45) is 0.768. The van der Waals surface area contributed by atoms with Crippen molar-refractivity contribution < 1.29 is 14.3 Å². The second-order valence-electron chi connectivity index (χ2n) is 6.57. The first-order valence-electron chi connectivity index (χ1n) is 8.60. The van der Waals surface area contributed by atoms with Gasteiger partial charge in [0.1, 0.15) is 6.07 Å². The second-order valence-corrected chi connectivity index (χ2v) is 7.65. The highest BCUT2D eigenvalue weighted by Gasteiger charge is 2.20. The molecule has 0 bridgehead atoms. The van der Waals surface area contributed by atoms with Crippen LogP contribution in [0.25, 0.3) is 0 Å². The van der Waals surface area contributed by atoms with E-state index in [0.29, 0.717) is 16.0 Å². The zero-order chi connectivity index (χ0) is 19.9. The number of carbonyl (C=O) groups is 2. The molecule has 2 rings (SSSR count). The smallest absolute Gasteiger partial charge is 0.339 e. The van der Waals surface area contributed by atoms with Crippen molar-refractivity contribution in [3.63, 3.8) is 0 Å². The molecule has 27 heavy (non-hydrogen) atoms. The van der Waals surface area contributed by atoms with E-state index in [0.717, 1.165) is 11.3 Å². The van der Waals surface area contributed by atoms with Gasteiger partial charge in [-0.1, -0.05) is 43.0 Å². The highest BCUT2D eigenvalue weighted by molar-refractivity contribution is 7.99. The molecule has 0 aliphatic carbocycles. The Morgan fingerprint density at radius 1 is 1.11 bits per heavy atom. The highest BCUT2D eigenvalue weighted by atomic mass is 32.2. The molecule has 0 unspecified atom stereocenters. The molecular weight excluding hydrogens is 360 g/mol. The number of nitrogens with zero attached hydrogens (tertiary/aromatic N) is 1. The van der Waals surface area contributed by atoms with Crippen LogP contribution in [0, 0.1) is 11.3 Å². The van der Waals surface area contributed by atoms with Crippen LogP contribution < -0.4 is 5.32 Å². The van der Waals surface area contributed by atoms with Gasteiger partial charge in [-0.2, -0.15) is 5.26 Å². The van der Waals surface area contributed by atoms with E-state index in [2.05, 4.69) is 11.4 Å². The number of hydrogen-bond donors (Lipinski definition) is 1. The van der Waals surface area contributed by atoms with Crippen LogP contribution in [0.4, 0.5) is 0 Å². The summed E-state index contributed by atoms with van der Waals surface area (Å²) in [4.78, 5) is 25.9. The summed E-state index contributed by atoms with van der Waals surface area (Å²) in [6.45, 7) is 5.45. The van der Waals surface area contributed by atoms with Gasteiger partial charge in [0, 0.05) is 15.3 Å². The lowest BCUT2D eigenvalue weighted by atomic mass is 10.0. The zero-order valence-electron chi connectivity index (χ0n) is 15.6. The largest absolute Gasteiger partial charge is 0.452 e. The molecule has 0 heterocycles. The van der Waals surface area contributed by atoms with Crippen molar-refractivity contribution in [3.05, 3.63) is 59.7 Å². The van der Waals surface area contributed by atoms with Crippen LogP contribution >= 0.6 is 11.8 Å². The fourth-order valence-corrected chi connectivity index (χ4v) is 3.22. The van der Waals surface area contributed by atoms with Gasteiger partial charge in [-0.25, -0.2) is 4.79 Å². The molecule has 0 fully saturated rings. The van der Waals surface area contributed by atoms with Crippen molar-refractivity contribution in [2.24, 2.45) is 0 Å². The fourth-order valence-electron chi connectivity index (χ4n) is 2.20. The third kappa shape index (κ3) is 5.87. The maximum Gasteiger partial charge on any atom is 0.339 e. The van der Waals surface area contributed by atoms with E-state index in [-0.39, 0.29) is 18.1 Å². The van der Waals surface area contributed by atoms with E-state index in [9.17, 15) is 14.9 Å². The Morgan fingerprint density at radius 2 is 1.74 bits per heavy atom. The Bertz CT molecular complexity index is 872. The van der Waals surface area contributed by atoms with Gasteiger partial charge < -0.3 is 10.1 Å². The van der Waals surface area contributed by atoms with E-state index in [1.807, 2.05) is 39.0 Å². The Kier molecular flexibility index (Phi) is 7.03. The average Bonchev–Trinajstić information content (AvgIpc) is 2.66. The van der Waals surface area contributed by atoms with E-state index < -0.39 is 5.97 Å². The number of rotatable bonds is 7. The lowest BCUT2D eigenvalue weighted by Crippen LogP contribution is -2.44. The molecule has 0 radical (unpaired) electrons. The molecule has 140 valence electrons. The summed E-state index contributed by atoms with van der Waals surface area (Å²) in [5, 5.41) is 12.1. The minimum absolute atomic E-state index is 0.337. The lowest BCUT2D eigenvalue weighted by molar-refractivity contribution is -0.125. The van der Waals surface area contributed by atoms with E-state index >= 15 is 0 Å². The van der Waals surface area contributed by atoms with Crippen LogP contribution in [0.2, 0.25) is 0 Å². The number of hydrogen-bond acceptors (Lipinski definition) is 5. The number of esters is 1. The third-order valence-electron chi connectivity index (χ3n) is 4.03. The monoisotopic (exact) mass is 382 g/mol. The van der Waals surface area contributed by atoms with Crippen LogP contribution in [-0.2, 0) is 9.53 Å². The molecule has 0 saturated heterocycles. The van der Waals surface area contributed by atoms with Gasteiger partial charge in [0.25, 0.3) is 5.91 Å². The molecule has 5 nitrogen and oxygen atoms in total. The van der Waals surface area contributed by atoms with Gasteiger partial charge in [0.05, 0.1) is 11.1 Å². The minimum atomic E-state index is -0.572. The van der Waals surface area contributed by atoms with Crippen molar-refractivity contribution in [1.82, 2.24) is 5.32 Å². The highest BCUT2D eigenvalue weighted by Crippen LogP contribution is 2.32. The minimum Gasteiger partial charge on any atom is -0.452 e. The molecule has 0 atom stereocenters. The van der Waals surface area contributed by atoms with E-state index in [1.165, 1.54) is 11.8 Å². The molecule has 2 aromatic carbocycles. The molecule has 1 N–H and O–H groups in total. The normalized spacial score (nSPS) is 10.7. The molecule has 0 aliphatic rings. The fraction of sp³-hybridized carbons (Fsp3) is 0.286. The Hall–Kier alpha value is -2.78. The van der Waals surface area contributed by atoms with Crippen LogP contribution in [0.1, 0.15) is 43.1 Å². The quantitative estimate of drug-likeness (QED) is 0.727. The SMILES string of the molecule is CCC(C)(C)NC(=O)COC(=O)c1ccccc1Sc1ccccc1C#N. The number of ether oxygens (including phenoxy) is 1. The predicted octanol–water partition coefficient (Wildman–Crippen LogP) is 4.17. The summed E-state index contributed by atoms with van der Waals surface area (Å²) in [6, 6.07) is 16.3. The molecule has 0 saturated carbocycles. The average molecular weight is 382 g/mol. The molecule has 1 amide bonds. The maximum absolute atomic E-state index is 12.5. The van der Waals surface area contributed by atoms with Gasteiger partial charge in [-0.3, -0.25) is 4.79 Å². The summed E-state index contributed by atoms with van der Waals surface area (Å²) in [7, 11) is 0. The van der Waals surface area contributed by atoms with Crippen molar-refractivity contribution >= 4 is 23.6 Å². The summed E-state index contributed by atoms with van der Waals surface area (Å²) in [5.74, 6) is -0.910. The second kappa shape index (κ2) is 9.24. The topological polar surface area (TPSA) is 79.2 Å². The number of nitriles is 1. The predicted molar refractivity (Wildman–Crippen MR) is 105 cm³/mol. The molecular formula is C21H22N2O3S. The summed E-state index contributed by atoms with van der Waals surface area (Å²) < 4.78 is 5.19. The number of carbonyl (C=O) groups excluding carboxylic acids is 2. The Labute approximate surface area is 163 Å². The van der Waals surface area contributed by atoms with Crippen LogP contribution in [0.15, 0.2) is 58.3 Å². The first-order chi connectivity index (χ1) is 12.9. The molecule has 6 heteroatoms. The first-order valence-corrected chi connectivity index (χ1v) is 9.42. The number of benzene rings is 2. The maximum atomic E-state index is 12.5. The number of nitrogens with one attached hydrogen (secondary N) is 1. The van der Waals surface area contributed by atoms with E-state index in [4.69, 9.17) is 4.74 Å². The van der Waals surface area contributed by atoms with Crippen LogP contribution in [0.3, 0.4) is 0 Å². The molecule has 2 aromatic rings. The third-order valence-corrected chi connectivity index (χ3v) is 5.18. The lowest BCUT2D eigenvalue weighted by Gasteiger charge is -2.24. The molecule has 0 spiro atoms. The van der Waals surface area contributed by atoms with Gasteiger partial charge in [-0.05, 0) is 44.5 Å².